The van der Waals surface area contributed by atoms with E-state index in [1.54, 1.807) is 0 Å². The van der Waals surface area contributed by atoms with Crippen molar-refractivity contribution >= 4 is 0 Å². The van der Waals surface area contributed by atoms with Crippen molar-refractivity contribution in [3.05, 3.63) is 23.9 Å². The van der Waals surface area contributed by atoms with Crippen molar-refractivity contribution in [2.45, 2.75) is 26.3 Å². The molecule has 0 unspecified atom stereocenters. The second-order valence-electron chi connectivity index (χ2n) is 3.26. The molecule has 0 N–H and O–H groups in total. The predicted molar refractivity (Wildman–Crippen MR) is 44.7 cm³/mol. The Labute approximate surface area is 63.0 Å². The van der Waals surface area contributed by atoms with E-state index in [1.807, 2.05) is 0 Å². The van der Waals surface area contributed by atoms with Crippen LogP contribution in [0.2, 0.25) is 0 Å². The summed E-state index contributed by atoms with van der Waals surface area (Å²) in [4.78, 5) is 2.27. The number of likely N-dealkylation sites (N-methyl/N-ethyl adjacent to an activating group) is 1. The zero-order chi connectivity index (χ0) is 7.78. The third-order valence-corrected chi connectivity index (χ3v) is 2.21. The van der Waals surface area contributed by atoms with Gasteiger partial charge in [-0.2, -0.15) is 0 Å². The molecule has 56 valence electrons. The maximum atomic E-state index is 2.27. The van der Waals surface area contributed by atoms with Crippen LogP contribution in [0.4, 0.5) is 0 Å². The highest BCUT2D eigenvalue weighted by atomic mass is 15.2. The third kappa shape index (κ3) is 0.962. The van der Waals surface area contributed by atoms with Crippen LogP contribution in [-0.4, -0.2) is 17.5 Å². The van der Waals surface area contributed by atoms with Crippen LogP contribution in [0.25, 0.3) is 0 Å². The van der Waals surface area contributed by atoms with Gasteiger partial charge in [0, 0.05) is 12.7 Å². The second-order valence-corrected chi connectivity index (χ2v) is 3.26. The molecule has 1 nitrogen and oxygen atoms in total. The molecule has 0 aliphatic carbocycles. The molecule has 10 heavy (non-hydrogen) atoms. The van der Waals surface area contributed by atoms with Crippen molar-refractivity contribution < 1.29 is 0 Å². The molecule has 0 amide bonds. The lowest BCUT2D eigenvalue weighted by molar-refractivity contribution is 0.287. The summed E-state index contributed by atoms with van der Waals surface area (Å²) in [6, 6.07) is 0. The van der Waals surface area contributed by atoms with Gasteiger partial charge in [-0.05, 0) is 26.8 Å². The Morgan fingerprint density at radius 3 is 2.30 bits per heavy atom. The fourth-order valence-electron chi connectivity index (χ4n) is 1.14. The number of rotatable bonds is 0. The molecule has 1 rings (SSSR count). The lowest BCUT2D eigenvalue weighted by Gasteiger charge is -2.29. The van der Waals surface area contributed by atoms with E-state index < -0.39 is 0 Å². The molecule has 1 heterocycles. The van der Waals surface area contributed by atoms with Crippen LogP contribution in [0.5, 0.6) is 0 Å². The van der Waals surface area contributed by atoms with Crippen molar-refractivity contribution in [2.75, 3.05) is 7.05 Å². The fraction of sp³-hybridized carbons (Fsp3) is 0.556. The normalized spacial score (nSPS) is 26.4. The molecule has 0 saturated carbocycles. The van der Waals surface area contributed by atoms with E-state index in [9.17, 15) is 0 Å². The zero-order valence-electron chi connectivity index (χ0n) is 7.18. The van der Waals surface area contributed by atoms with E-state index in [-0.39, 0.29) is 5.54 Å². The van der Waals surface area contributed by atoms with Crippen LogP contribution in [-0.2, 0) is 0 Å². The van der Waals surface area contributed by atoms with Gasteiger partial charge < -0.3 is 4.90 Å². The zero-order valence-corrected chi connectivity index (χ0v) is 7.18. The highest BCUT2D eigenvalue weighted by Gasteiger charge is 2.25. The number of allylic oxidation sites excluding steroid dienone is 2. The molecular weight excluding hydrogens is 122 g/mol. The Balaban J connectivity index is 2.88. The van der Waals surface area contributed by atoms with Crippen LogP contribution >= 0.6 is 0 Å². The van der Waals surface area contributed by atoms with Gasteiger partial charge >= 0.3 is 0 Å². The maximum absolute atomic E-state index is 2.27. The molecule has 0 aromatic rings. The molecule has 0 saturated heterocycles. The largest absolute Gasteiger partial charge is 0.366 e. The second kappa shape index (κ2) is 2.15. The smallest absolute Gasteiger partial charge is 0.0528 e. The average molecular weight is 137 g/mol. The Morgan fingerprint density at radius 2 is 2.10 bits per heavy atom. The fourth-order valence-corrected chi connectivity index (χ4v) is 1.14. The quantitative estimate of drug-likeness (QED) is 0.494. The van der Waals surface area contributed by atoms with Crippen LogP contribution < -0.4 is 0 Å². The molecule has 1 aliphatic rings. The predicted octanol–water partition coefficient (Wildman–Crippen LogP) is 2.17. The first kappa shape index (κ1) is 7.39. The lowest BCUT2D eigenvalue weighted by Crippen LogP contribution is -2.33. The van der Waals surface area contributed by atoms with Crippen LogP contribution in [0.15, 0.2) is 23.9 Å². The molecule has 1 heteroatoms. The van der Waals surface area contributed by atoms with Gasteiger partial charge in [-0.25, -0.2) is 0 Å². The van der Waals surface area contributed by atoms with Gasteiger partial charge in [0.1, 0.15) is 0 Å². The van der Waals surface area contributed by atoms with Crippen molar-refractivity contribution in [3.63, 3.8) is 0 Å². The van der Waals surface area contributed by atoms with E-state index in [0.29, 0.717) is 0 Å². The summed E-state index contributed by atoms with van der Waals surface area (Å²) in [6.07, 6.45) is 6.52. The SMILES string of the molecule is C/C=C1/C=CC(C)(C)N1C. The summed E-state index contributed by atoms with van der Waals surface area (Å²) < 4.78 is 0. The molecule has 0 atom stereocenters. The Kier molecular flexibility index (Phi) is 1.59. The van der Waals surface area contributed by atoms with Crippen molar-refractivity contribution in [1.29, 1.82) is 0 Å². The van der Waals surface area contributed by atoms with Gasteiger partial charge in [-0.3, -0.25) is 0 Å². The highest BCUT2D eigenvalue weighted by Crippen LogP contribution is 2.26. The van der Waals surface area contributed by atoms with Crippen molar-refractivity contribution in [3.8, 4) is 0 Å². The molecular formula is C9H15N. The minimum absolute atomic E-state index is 0.210. The van der Waals surface area contributed by atoms with Gasteiger partial charge in [0.15, 0.2) is 0 Å². The van der Waals surface area contributed by atoms with E-state index in [1.165, 1.54) is 5.70 Å². The first-order valence-corrected chi connectivity index (χ1v) is 3.67. The van der Waals surface area contributed by atoms with Gasteiger partial charge in [-0.1, -0.05) is 12.2 Å². The van der Waals surface area contributed by atoms with Crippen molar-refractivity contribution in [2.24, 2.45) is 0 Å². The average Bonchev–Trinajstić information content (AvgIpc) is 2.10. The van der Waals surface area contributed by atoms with Crippen LogP contribution in [0, 0.1) is 0 Å². The first-order valence-electron chi connectivity index (χ1n) is 3.67. The van der Waals surface area contributed by atoms with E-state index in [2.05, 4.69) is 50.9 Å². The summed E-state index contributed by atoms with van der Waals surface area (Å²) in [6.45, 7) is 6.48. The molecule has 0 bridgehead atoms. The third-order valence-electron chi connectivity index (χ3n) is 2.21. The molecule has 0 aromatic heterocycles. The van der Waals surface area contributed by atoms with E-state index >= 15 is 0 Å². The highest BCUT2D eigenvalue weighted by molar-refractivity contribution is 5.29. The standard InChI is InChI=1S/C9H15N/c1-5-8-6-7-9(2,3)10(8)4/h5-7H,1-4H3/b8-5-. The van der Waals surface area contributed by atoms with E-state index in [0.717, 1.165) is 0 Å². The minimum Gasteiger partial charge on any atom is -0.366 e. The minimum atomic E-state index is 0.210. The lowest BCUT2D eigenvalue weighted by atomic mass is 10.1. The number of hydrogen-bond donors (Lipinski definition) is 0. The van der Waals surface area contributed by atoms with E-state index in [4.69, 9.17) is 0 Å². The molecule has 1 aliphatic heterocycles. The number of nitrogens with zero attached hydrogens (tertiary/aromatic N) is 1. The summed E-state index contributed by atoms with van der Waals surface area (Å²) in [5.74, 6) is 0. The van der Waals surface area contributed by atoms with Crippen LogP contribution in [0.3, 0.4) is 0 Å². The summed E-state index contributed by atoms with van der Waals surface area (Å²) >= 11 is 0. The van der Waals surface area contributed by atoms with Gasteiger partial charge in [-0.15, -0.1) is 0 Å². The molecule has 0 fully saturated rings. The van der Waals surface area contributed by atoms with Crippen LogP contribution in [0.1, 0.15) is 20.8 Å². The summed E-state index contributed by atoms with van der Waals surface area (Å²) in [7, 11) is 2.12. The Bertz CT molecular complexity index is 187. The van der Waals surface area contributed by atoms with Crippen molar-refractivity contribution in [1.82, 2.24) is 4.90 Å². The molecule has 0 aromatic carbocycles. The summed E-state index contributed by atoms with van der Waals surface area (Å²) in [5.41, 5.74) is 1.52. The van der Waals surface area contributed by atoms with Gasteiger partial charge in [0.25, 0.3) is 0 Å². The first-order chi connectivity index (χ1) is 4.58. The number of hydrogen-bond acceptors (Lipinski definition) is 1. The Hall–Kier alpha value is -0.720. The topological polar surface area (TPSA) is 3.24 Å². The van der Waals surface area contributed by atoms with Gasteiger partial charge in [0.05, 0.1) is 5.54 Å². The molecule has 0 spiro atoms. The molecule has 0 radical (unpaired) electrons. The maximum Gasteiger partial charge on any atom is 0.0528 e. The van der Waals surface area contributed by atoms with Gasteiger partial charge in [0.2, 0.25) is 0 Å². The summed E-state index contributed by atoms with van der Waals surface area (Å²) in [5, 5.41) is 0. The Morgan fingerprint density at radius 1 is 1.50 bits per heavy atom. The monoisotopic (exact) mass is 137 g/mol.